The molecule has 1 saturated carbocycles. The number of nitrogens with one attached hydrogen (secondary N) is 1. The van der Waals surface area contributed by atoms with Crippen LogP contribution in [0.2, 0.25) is 0 Å². The Balaban J connectivity index is 1.71. The predicted octanol–water partition coefficient (Wildman–Crippen LogP) is 2.25. The van der Waals surface area contributed by atoms with E-state index in [9.17, 15) is 4.79 Å². The lowest BCUT2D eigenvalue weighted by atomic mass is 9.57. The van der Waals surface area contributed by atoms with E-state index in [2.05, 4.69) is 18.8 Å². The third-order valence-electron chi connectivity index (χ3n) is 4.48. The highest BCUT2D eigenvalue weighted by Crippen LogP contribution is 2.53. The molecule has 0 amide bonds. The van der Waals surface area contributed by atoms with Crippen molar-refractivity contribution in [3.8, 4) is 6.07 Å². The number of nitrogens with zero attached hydrogens (tertiary/aromatic N) is 1. The maximum absolute atomic E-state index is 12.1. The third-order valence-corrected chi connectivity index (χ3v) is 4.48. The molecule has 106 valence electrons. The van der Waals surface area contributed by atoms with Gasteiger partial charge >= 0.3 is 5.97 Å². The Hall–Kier alpha value is -1.80. The van der Waals surface area contributed by atoms with Gasteiger partial charge in [0.1, 0.15) is 23.6 Å². The minimum absolute atomic E-state index is 0.117. The van der Waals surface area contributed by atoms with Crippen LogP contribution in [-0.2, 0) is 9.47 Å². The van der Waals surface area contributed by atoms with Gasteiger partial charge in [0.25, 0.3) is 0 Å². The van der Waals surface area contributed by atoms with Crippen molar-refractivity contribution in [3.05, 3.63) is 23.5 Å². The van der Waals surface area contributed by atoms with Crippen molar-refractivity contribution in [1.82, 2.24) is 4.98 Å². The van der Waals surface area contributed by atoms with Crippen LogP contribution in [0, 0.1) is 22.7 Å². The van der Waals surface area contributed by atoms with Crippen molar-refractivity contribution in [1.29, 1.82) is 5.26 Å². The van der Waals surface area contributed by atoms with E-state index in [0.717, 1.165) is 19.4 Å². The lowest BCUT2D eigenvalue weighted by molar-refractivity contribution is -0.243. The third kappa shape index (κ3) is 1.92. The highest BCUT2D eigenvalue weighted by molar-refractivity contribution is 5.87. The van der Waals surface area contributed by atoms with Crippen LogP contribution in [0.4, 0.5) is 0 Å². The molecule has 0 bridgehead atoms. The molecule has 0 radical (unpaired) electrons. The summed E-state index contributed by atoms with van der Waals surface area (Å²) in [5.41, 5.74) is 0.548. The molecule has 1 aromatic rings. The zero-order valence-electron chi connectivity index (χ0n) is 11.7. The van der Waals surface area contributed by atoms with E-state index in [1.807, 2.05) is 6.07 Å². The van der Waals surface area contributed by atoms with E-state index >= 15 is 0 Å². The number of nitriles is 1. The number of fused-ring (bicyclic) bond motifs is 1. The van der Waals surface area contributed by atoms with Gasteiger partial charge in [-0.1, -0.05) is 13.8 Å². The lowest BCUT2D eigenvalue weighted by Crippen LogP contribution is -2.65. The Morgan fingerprint density at radius 3 is 3.05 bits per heavy atom. The summed E-state index contributed by atoms with van der Waals surface area (Å²) in [4.78, 5) is 14.9. The van der Waals surface area contributed by atoms with Crippen LogP contribution >= 0.6 is 0 Å². The minimum Gasteiger partial charge on any atom is -0.457 e. The summed E-state index contributed by atoms with van der Waals surface area (Å²) in [6.07, 6.45) is 2.13. The summed E-state index contributed by atoms with van der Waals surface area (Å²) >= 11 is 0. The van der Waals surface area contributed by atoms with Crippen LogP contribution in [0.25, 0.3) is 0 Å². The van der Waals surface area contributed by atoms with E-state index in [-0.39, 0.29) is 17.6 Å². The van der Waals surface area contributed by atoms with Crippen molar-refractivity contribution < 1.29 is 14.3 Å². The number of hydrogen-bond acceptors (Lipinski definition) is 4. The van der Waals surface area contributed by atoms with Crippen molar-refractivity contribution in [2.45, 2.75) is 38.9 Å². The summed E-state index contributed by atoms with van der Waals surface area (Å²) in [7, 11) is 0. The molecule has 5 heteroatoms. The molecule has 0 aromatic carbocycles. The first kappa shape index (κ1) is 13.2. The molecular weight excluding hydrogens is 256 g/mol. The van der Waals surface area contributed by atoms with Crippen molar-refractivity contribution in [2.75, 3.05) is 6.61 Å². The van der Waals surface area contributed by atoms with Gasteiger partial charge in [0.2, 0.25) is 0 Å². The fourth-order valence-electron chi connectivity index (χ4n) is 3.47. The summed E-state index contributed by atoms with van der Waals surface area (Å²) in [6.45, 7) is 4.95. The topological polar surface area (TPSA) is 75.1 Å². The maximum Gasteiger partial charge on any atom is 0.355 e. The number of aromatic nitrogens is 1. The van der Waals surface area contributed by atoms with Crippen LogP contribution in [0.1, 0.15) is 42.9 Å². The number of H-pyrrole nitrogens is 1. The highest BCUT2D eigenvalue weighted by Gasteiger charge is 2.60. The lowest BCUT2D eigenvalue weighted by Gasteiger charge is -2.58. The van der Waals surface area contributed by atoms with E-state index in [1.54, 1.807) is 12.1 Å². The molecule has 0 unspecified atom stereocenters. The van der Waals surface area contributed by atoms with E-state index in [4.69, 9.17) is 14.7 Å². The zero-order chi connectivity index (χ0) is 14.3. The molecule has 2 aliphatic rings. The second-order valence-electron chi connectivity index (χ2n) is 6.14. The average molecular weight is 274 g/mol. The molecule has 20 heavy (non-hydrogen) atoms. The second kappa shape index (κ2) is 4.64. The summed E-state index contributed by atoms with van der Waals surface area (Å²) in [5, 5.41) is 8.76. The molecule has 0 spiro atoms. The number of rotatable bonds is 2. The van der Waals surface area contributed by atoms with Gasteiger partial charge in [-0.25, -0.2) is 4.79 Å². The predicted molar refractivity (Wildman–Crippen MR) is 71.0 cm³/mol. The maximum atomic E-state index is 12.1. The van der Waals surface area contributed by atoms with E-state index in [0.29, 0.717) is 17.3 Å². The Morgan fingerprint density at radius 1 is 1.55 bits per heavy atom. The number of hydrogen-bond donors (Lipinski definition) is 1. The summed E-state index contributed by atoms with van der Waals surface area (Å²) in [6, 6.07) is 5.12. The number of carbonyl (C=O) groups excluding carboxylic acids is 1. The SMILES string of the molecule is CC1(C)[C@@H]2OCCC[C@H]2[C@@H]1OC(=O)c1ccc(C#N)[nH]1. The summed E-state index contributed by atoms with van der Waals surface area (Å²) in [5.74, 6) is -0.0957. The fourth-order valence-corrected chi connectivity index (χ4v) is 3.47. The first-order valence-corrected chi connectivity index (χ1v) is 6.95. The molecular formula is C15H18N2O3. The van der Waals surface area contributed by atoms with Gasteiger partial charge in [-0.15, -0.1) is 0 Å². The highest BCUT2D eigenvalue weighted by atomic mass is 16.6. The summed E-state index contributed by atoms with van der Waals surface area (Å²) < 4.78 is 11.4. The molecule has 1 aliphatic heterocycles. The van der Waals surface area contributed by atoms with Gasteiger partial charge in [0.15, 0.2) is 0 Å². The Morgan fingerprint density at radius 2 is 2.35 bits per heavy atom. The van der Waals surface area contributed by atoms with Gasteiger partial charge in [0, 0.05) is 17.9 Å². The Bertz CT molecular complexity index is 570. The molecule has 1 saturated heterocycles. The molecule has 2 fully saturated rings. The van der Waals surface area contributed by atoms with Gasteiger partial charge in [-0.2, -0.15) is 5.26 Å². The smallest absolute Gasteiger partial charge is 0.355 e. The van der Waals surface area contributed by atoms with Gasteiger partial charge in [-0.05, 0) is 25.0 Å². The number of aromatic amines is 1. The largest absolute Gasteiger partial charge is 0.457 e. The van der Waals surface area contributed by atoms with Crippen molar-refractivity contribution in [3.63, 3.8) is 0 Å². The molecule has 1 aliphatic carbocycles. The normalized spacial score (nSPS) is 30.8. The standard InChI is InChI=1S/C15H18N2O3/c1-15(2)12-10(4-3-7-19-12)13(15)20-14(18)11-6-5-9(8-16)17-11/h5-6,10,12-13,17H,3-4,7H2,1-2H3/t10-,12-,13+/m1/s1. The monoisotopic (exact) mass is 274 g/mol. The number of carbonyl (C=O) groups is 1. The Kier molecular flexibility index (Phi) is 3.06. The van der Waals surface area contributed by atoms with Crippen molar-refractivity contribution in [2.24, 2.45) is 11.3 Å². The molecule has 5 nitrogen and oxygen atoms in total. The van der Waals surface area contributed by atoms with Gasteiger partial charge < -0.3 is 14.5 Å². The first-order chi connectivity index (χ1) is 9.54. The average Bonchev–Trinajstić information content (AvgIpc) is 2.93. The molecule has 3 atom stereocenters. The molecule has 3 rings (SSSR count). The van der Waals surface area contributed by atoms with Gasteiger partial charge in [-0.3, -0.25) is 0 Å². The van der Waals surface area contributed by atoms with E-state index in [1.165, 1.54) is 0 Å². The molecule has 2 heterocycles. The molecule has 1 aromatic heterocycles. The van der Waals surface area contributed by atoms with Crippen molar-refractivity contribution >= 4 is 5.97 Å². The minimum atomic E-state index is -0.395. The second-order valence-corrected chi connectivity index (χ2v) is 6.14. The number of esters is 1. The zero-order valence-corrected chi connectivity index (χ0v) is 11.7. The number of ether oxygens (including phenoxy) is 2. The van der Waals surface area contributed by atoms with Crippen LogP contribution in [0.5, 0.6) is 0 Å². The first-order valence-electron chi connectivity index (χ1n) is 6.95. The van der Waals surface area contributed by atoms with Crippen LogP contribution in [0.3, 0.4) is 0 Å². The molecule has 1 N–H and O–H groups in total. The van der Waals surface area contributed by atoms with Gasteiger partial charge in [0.05, 0.1) is 6.10 Å². The fraction of sp³-hybridized carbons (Fsp3) is 0.600. The van der Waals surface area contributed by atoms with Crippen LogP contribution in [-0.4, -0.2) is 29.8 Å². The van der Waals surface area contributed by atoms with E-state index < -0.39 is 5.97 Å². The quantitative estimate of drug-likeness (QED) is 0.839. The Labute approximate surface area is 117 Å². The van der Waals surface area contributed by atoms with Crippen LogP contribution in [0.15, 0.2) is 12.1 Å². The van der Waals surface area contributed by atoms with Crippen LogP contribution < -0.4 is 0 Å².